The third-order valence-electron chi connectivity index (χ3n) is 3.26. The Morgan fingerprint density at radius 1 is 1.35 bits per heavy atom. The summed E-state index contributed by atoms with van der Waals surface area (Å²) >= 11 is 0. The second-order valence-electron chi connectivity index (χ2n) is 5.51. The van der Waals surface area contributed by atoms with E-state index in [1.165, 1.54) is 16.5 Å². The lowest BCUT2D eigenvalue weighted by atomic mass is 9.80. The Hall–Kier alpha value is -1.57. The van der Waals surface area contributed by atoms with Gasteiger partial charge < -0.3 is 4.98 Å². The summed E-state index contributed by atoms with van der Waals surface area (Å²) in [6, 6.07) is 6.38. The number of aryl methyl sites for hydroxylation is 1. The molecule has 1 N–H and O–H groups in total. The van der Waals surface area contributed by atoms with E-state index in [0.29, 0.717) is 6.42 Å². The number of hydrogen-bond donors (Lipinski definition) is 1. The predicted octanol–water partition coefficient (Wildman–Crippen LogP) is 3.73. The molecule has 2 rings (SSSR count). The van der Waals surface area contributed by atoms with Crippen LogP contribution in [0.25, 0.3) is 10.9 Å². The number of aromatic amines is 1. The summed E-state index contributed by atoms with van der Waals surface area (Å²) in [6.45, 7) is 7.99. The van der Waals surface area contributed by atoms with Crippen LogP contribution in [0.1, 0.15) is 38.3 Å². The molecule has 0 bridgehead atoms. The number of nitrogens with one attached hydrogen (secondary N) is 1. The maximum atomic E-state index is 11.3. The first-order chi connectivity index (χ1) is 7.90. The van der Waals surface area contributed by atoms with E-state index in [1.807, 2.05) is 6.20 Å². The first-order valence-electron chi connectivity index (χ1n) is 5.98. The van der Waals surface area contributed by atoms with Crippen LogP contribution in [0, 0.1) is 6.92 Å². The van der Waals surface area contributed by atoms with Crippen molar-refractivity contribution >= 4 is 16.7 Å². The summed E-state index contributed by atoms with van der Waals surface area (Å²) in [5.41, 5.74) is 3.50. The van der Waals surface area contributed by atoms with Crippen molar-refractivity contribution < 1.29 is 4.79 Å². The molecule has 2 nitrogen and oxygen atoms in total. The smallest absolute Gasteiger partial charge is 0.130 e. The SMILES string of the molecule is CC(=O)CC(C)(C)c1c[nH]c2ccc(C)cc12. The van der Waals surface area contributed by atoms with E-state index in [-0.39, 0.29) is 11.2 Å². The van der Waals surface area contributed by atoms with Crippen LogP contribution in [-0.4, -0.2) is 10.8 Å². The quantitative estimate of drug-likeness (QED) is 0.854. The minimum absolute atomic E-state index is 0.113. The fourth-order valence-corrected chi connectivity index (χ4v) is 2.51. The predicted molar refractivity (Wildman–Crippen MR) is 71.4 cm³/mol. The molecular weight excluding hydrogens is 210 g/mol. The number of carbonyl (C=O) groups is 1. The molecule has 90 valence electrons. The molecule has 0 aliphatic carbocycles. The molecule has 0 aliphatic heterocycles. The summed E-state index contributed by atoms with van der Waals surface area (Å²) in [5.74, 6) is 0.233. The van der Waals surface area contributed by atoms with Gasteiger partial charge in [-0.1, -0.05) is 25.5 Å². The van der Waals surface area contributed by atoms with Gasteiger partial charge in [0, 0.05) is 23.5 Å². The zero-order valence-electron chi connectivity index (χ0n) is 10.9. The minimum atomic E-state index is -0.113. The summed E-state index contributed by atoms with van der Waals surface area (Å²) in [7, 11) is 0. The Balaban J connectivity index is 2.55. The monoisotopic (exact) mass is 229 g/mol. The van der Waals surface area contributed by atoms with Gasteiger partial charge in [-0.15, -0.1) is 0 Å². The summed E-state index contributed by atoms with van der Waals surface area (Å²) in [6.07, 6.45) is 2.61. The molecule has 0 saturated carbocycles. The number of hydrogen-bond acceptors (Lipinski definition) is 1. The number of fused-ring (bicyclic) bond motifs is 1. The van der Waals surface area contributed by atoms with E-state index >= 15 is 0 Å². The van der Waals surface area contributed by atoms with Gasteiger partial charge in [0.05, 0.1) is 0 Å². The van der Waals surface area contributed by atoms with Crippen molar-refractivity contribution in [3.63, 3.8) is 0 Å². The largest absolute Gasteiger partial charge is 0.361 e. The number of benzene rings is 1. The van der Waals surface area contributed by atoms with Crippen molar-refractivity contribution in [3.05, 3.63) is 35.5 Å². The number of carbonyl (C=O) groups excluding carboxylic acids is 1. The molecule has 0 fully saturated rings. The molecule has 17 heavy (non-hydrogen) atoms. The van der Waals surface area contributed by atoms with E-state index in [9.17, 15) is 4.79 Å². The van der Waals surface area contributed by atoms with Gasteiger partial charge in [-0.05, 0) is 37.0 Å². The fraction of sp³-hybridized carbons (Fsp3) is 0.400. The van der Waals surface area contributed by atoms with Crippen LogP contribution in [0.4, 0.5) is 0 Å². The molecule has 2 aromatic rings. The average molecular weight is 229 g/mol. The number of ketones is 1. The minimum Gasteiger partial charge on any atom is -0.361 e. The fourth-order valence-electron chi connectivity index (χ4n) is 2.51. The van der Waals surface area contributed by atoms with Crippen LogP contribution >= 0.6 is 0 Å². The van der Waals surface area contributed by atoms with Crippen LogP contribution < -0.4 is 0 Å². The van der Waals surface area contributed by atoms with Crippen molar-refractivity contribution in [1.82, 2.24) is 4.98 Å². The van der Waals surface area contributed by atoms with Crippen molar-refractivity contribution in [1.29, 1.82) is 0 Å². The van der Waals surface area contributed by atoms with E-state index in [4.69, 9.17) is 0 Å². The Morgan fingerprint density at radius 3 is 2.71 bits per heavy atom. The lowest BCUT2D eigenvalue weighted by molar-refractivity contribution is -0.118. The Kier molecular flexibility index (Phi) is 2.82. The molecule has 0 spiro atoms. The molecule has 0 atom stereocenters. The first-order valence-corrected chi connectivity index (χ1v) is 5.98. The van der Waals surface area contributed by atoms with Gasteiger partial charge in [0.25, 0.3) is 0 Å². The second kappa shape index (κ2) is 4.02. The highest BCUT2D eigenvalue weighted by Crippen LogP contribution is 2.33. The topological polar surface area (TPSA) is 32.9 Å². The molecule has 0 amide bonds. The number of rotatable bonds is 3. The first kappa shape index (κ1) is 11.9. The zero-order chi connectivity index (χ0) is 12.6. The highest BCUT2D eigenvalue weighted by atomic mass is 16.1. The van der Waals surface area contributed by atoms with Gasteiger partial charge in [-0.3, -0.25) is 4.79 Å². The van der Waals surface area contributed by atoms with Gasteiger partial charge in [0.15, 0.2) is 0 Å². The summed E-state index contributed by atoms with van der Waals surface area (Å²) < 4.78 is 0. The lowest BCUT2D eigenvalue weighted by Gasteiger charge is -2.23. The van der Waals surface area contributed by atoms with Crippen LogP contribution in [0.3, 0.4) is 0 Å². The van der Waals surface area contributed by atoms with Gasteiger partial charge >= 0.3 is 0 Å². The molecule has 0 radical (unpaired) electrons. The van der Waals surface area contributed by atoms with Crippen LogP contribution in [0.15, 0.2) is 24.4 Å². The molecule has 2 heteroatoms. The number of H-pyrrole nitrogens is 1. The van der Waals surface area contributed by atoms with E-state index in [0.717, 1.165) is 5.52 Å². The van der Waals surface area contributed by atoms with Gasteiger partial charge in [-0.25, -0.2) is 0 Å². The molecule has 1 aromatic heterocycles. The summed E-state index contributed by atoms with van der Waals surface area (Å²) in [4.78, 5) is 14.6. The number of Topliss-reactive ketones (excluding diaryl/α,β-unsaturated/α-hetero) is 1. The van der Waals surface area contributed by atoms with Crippen molar-refractivity contribution in [2.45, 2.75) is 39.5 Å². The van der Waals surface area contributed by atoms with Crippen molar-refractivity contribution in [2.75, 3.05) is 0 Å². The number of aromatic nitrogens is 1. The van der Waals surface area contributed by atoms with E-state index < -0.39 is 0 Å². The normalized spacial score (nSPS) is 12.0. The van der Waals surface area contributed by atoms with Gasteiger partial charge in [-0.2, -0.15) is 0 Å². The average Bonchev–Trinajstić information content (AvgIpc) is 2.58. The Labute approximate surface area is 102 Å². The molecule has 0 unspecified atom stereocenters. The Bertz CT molecular complexity index is 563. The van der Waals surface area contributed by atoms with Gasteiger partial charge in [0.2, 0.25) is 0 Å². The molecule has 0 saturated heterocycles. The molecular formula is C15H19NO. The Morgan fingerprint density at radius 2 is 2.06 bits per heavy atom. The zero-order valence-corrected chi connectivity index (χ0v) is 10.9. The van der Waals surface area contributed by atoms with Crippen LogP contribution in [0.2, 0.25) is 0 Å². The highest BCUT2D eigenvalue weighted by molar-refractivity contribution is 5.86. The van der Waals surface area contributed by atoms with E-state index in [2.05, 4.69) is 44.0 Å². The standard InChI is InChI=1S/C15H19NO/c1-10-5-6-14-12(7-10)13(9-16-14)15(3,4)8-11(2)17/h5-7,9,16H,8H2,1-4H3. The summed E-state index contributed by atoms with van der Waals surface area (Å²) in [5, 5.41) is 1.23. The van der Waals surface area contributed by atoms with Gasteiger partial charge in [0.1, 0.15) is 5.78 Å². The molecule has 0 aliphatic rings. The maximum Gasteiger partial charge on any atom is 0.130 e. The molecule has 1 heterocycles. The second-order valence-corrected chi connectivity index (χ2v) is 5.51. The van der Waals surface area contributed by atoms with E-state index in [1.54, 1.807) is 6.92 Å². The van der Waals surface area contributed by atoms with Crippen molar-refractivity contribution in [3.8, 4) is 0 Å². The van der Waals surface area contributed by atoms with Crippen molar-refractivity contribution in [2.24, 2.45) is 0 Å². The van der Waals surface area contributed by atoms with Crippen LogP contribution in [0.5, 0.6) is 0 Å². The third-order valence-corrected chi connectivity index (χ3v) is 3.26. The lowest BCUT2D eigenvalue weighted by Crippen LogP contribution is -2.20. The molecule has 1 aromatic carbocycles. The maximum absolute atomic E-state index is 11.3. The van der Waals surface area contributed by atoms with Crippen LogP contribution in [-0.2, 0) is 10.2 Å². The highest BCUT2D eigenvalue weighted by Gasteiger charge is 2.25. The third kappa shape index (κ3) is 2.26.